The molecule has 1 atom stereocenters. The van der Waals surface area contributed by atoms with Crippen LogP contribution in [0, 0.1) is 0 Å². The molecule has 2 aliphatic rings. The maximum Gasteiger partial charge on any atom is 0.171 e. The summed E-state index contributed by atoms with van der Waals surface area (Å²) < 4.78 is 10.8. The zero-order valence-corrected chi connectivity index (χ0v) is 10.9. The summed E-state index contributed by atoms with van der Waals surface area (Å²) in [6.07, 6.45) is 5.23. The van der Waals surface area contributed by atoms with Crippen molar-refractivity contribution in [2.75, 3.05) is 14.2 Å². The molecule has 0 amide bonds. The van der Waals surface area contributed by atoms with E-state index in [2.05, 4.69) is 6.07 Å². The minimum absolute atomic E-state index is 0.217. The number of aryl methyl sites for hydroxylation is 1. The maximum atomic E-state index is 12.2. The number of methoxy groups -OCH3 is 2. The van der Waals surface area contributed by atoms with Gasteiger partial charge in [-0.1, -0.05) is 6.42 Å². The average molecular weight is 246 g/mol. The molecule has 0 aliphatic heterocycles. The molecular formula is C15H18O3. The second-order valence-corrected chi connectivity index (χ2v) is 5.13. The van der Waals surface area contributed by atoms with Crippen molar-refractivity contribution < 1.29 is 14.3 Å². The van der Waals surface area contributed by atoms with Gasteiger partial charge in [0.15, 0.2) is 17.3 Å². The summed E-state index contributed by atoms with van der Waals surface area (Å²) in [5, 5.41) is 0. The first kappa shape index (κ1) is 11.6. The summed E-state index contributed by atoms with van der Waals surface area (Å²) in [6, 6.07) is 2.06. The Morgan fingerprint density at radius 3 is 2.78 bits per heavy atom. The lowest BCUT2D eigenvalue weighted by atomic mass is 9.94. The van der Waals surface area contributed by atoms with Crippen molar-refractivity contribution in [3.05, 3.63) is 22.8 Å². The first-order chi connectivity index (χ1) is 8.76. The number of ether oxygens (including phenoxy) is 2. The van der Waals surface area contributed by atoms with E-state index < -0.39 is 0 Å². The van der Waals surface area contributed by atoms with E-state index in [1.807, 2.05) is 0 Å². The largest absolute Gasteiger partial charge is 0.493 e. The summed E-state index contributed by atoms with van der Waals surface area (Å²) >= 11 is 0. The third-order valence-electron chi connectivity index (χ3n) is 4.16. The van der Waals surface area contributed by atoms with Gasteiger partial charge in [-0.15, -0.1) is 0 Å². The third kappa shape index (κ3) is 1.53. The SMILES string of the molecule is COc1cc2c3c(c1OC)C(=O)C[C@@H]3CCCC2. The summed E-state index contributed by atoms with van der Waals surface area (Å²) in [4.78, 5) is 12.2. The molecule has 0 radical (unpaired) electrons. The highest BCUT2D eigenvalue weighted by Crippen LogP contribution is 2.48. The van der Waals surface area contributed by atoms with Gasteiger partial charge in [0, 0.05) is 6.42 Å². The van der Waals surface area contributed by atoms with Crippen molar-refractivity contribution >= 4 is 5.78 Å². The van der Waals surface area contributed by atoms with Crippen molar-refractivity contribution in [3.8, 4) is 11.5 Å². The van der Waals surface area contributed by atoms with Crippen molar-refractivity contribution in [2.24, 2.45) is 0 Å². The fraction of sp³-hybridized carbons (Fsp3) is 0.533. The molecule has 0 heterocycles. The first-order valence-electron chi connectivity index (χ1n) is 6.57. The highest BCUT2D eigenvalue weighted by atomic mass is 16.5. The van der Waals surface area contributed by atoms with Gasteiger partial charge in [-0.25, -0.2) is 0 Å². The molecule has 1 aromatic rings. The molecule has 0 spiro atoms. The van der Waals surface area contributed by atoms with Crippen LogP contribution >= 0.6 is 0 Å². The highest BCUT2D eigenvalue weighted by Gasteiger charge is 2.36. The summed E-state index contributed by atoms with van der Waals surface area (Å²) in [7, 11) is 3.24. The van der Waals surface area contributed by atoms with Gasteiger partial charge in [0.05, 0.1) is 19.8 Å². The van der Waals surface area contributed by atoms with E-state index in [9.17, 15) is 4.79 Å². The number of hydrogen-bond acceptors (Lipinski definition) is 3. The lowest BCUT2D eigenvalue weighted by molar-refractivity contribution is 0.0985. The molecule has 3 rings (SSSR count). The van der Waals surface area contributed by atoms with Gasteiger partial charge in [-0.2, -0.15) is 0 Å². The number of benzene rings is 1. The van der Waals surface area contributed by atoms with Gasteiger partial charge in [0.25, 0.3) is 0 Å². The van der Waals surface area contributed by atoms with Gasteiger partial charge >= 0.3 is 0 Å². The molecule has 0 saturated heterocycles. The monoisotopic (exact) mass is 246 g/mol. The molecule has 0 saturated carbocycles. The number of ketones is 1. The molecule has 0 fully saturated rings. The standard InChI is InChI=1S/C15H18O3/c1-17-12-8-10-6-4-3-5-9-7-11(16)14(13(9)10)15(12)18-2/h8-9H,3-7H2,1-2H3/t9-/m0/s1. The van der Waals surface area contributed by atoms with Gasteiger partial charge in [-0.3, -0.25) is 4.79 Å². The molecule has 1 aromatic carbocycles. The Morgan fingerprint density at radius 2 is 2.06 bits per heavy atom. The molecule has 0 aromatic heterocycles. The average Bonchev–Trinajstić information content (AvgIpc) is 2.58. The Morgan fingerprint density at radius 1 is 1.22 bits per heavy atom. The van der Waals surface area contributed by atoms with E-state index >= 15 is 0 Å². The highest BCUT2D eigenvalue weighted by molar-refractivity contribution is 6.05. The van der Waals surface area contributed by atoms with Gasteiger partial charge in [0.2, 0.25) is 0 Å². The van der Waals surface area contributed by atoms with Crippen LogP contribution in [0.15, 0.2) is 6.07 Å². The lowest BCUT2D eigenvalue weighted by Gasteiger charge is -2.16. The number of carbonyl (C=O) groups excluding carboxylic acids is 1. The van der Waals surface area contributed by atoms with Crippen LogP contribution in [-0.4, -0.2) is 20.0 Å². The molecule has 3 heteroatoms. The Bertz CT molecular complexity index is 505. The Kier molecular flexibility index (Phi) is 2.77. The Labute approximate surface area is 107 Å². The van der Waals surface area contributed by atoms with Crippen molar-refractivity contribution in [1.82, 2.24) is 0 Å². The topological polar surface area (TPSA) is 35.5 Å². The molecule has 3 nitrogen and oxygen atoms in total. The number of hydrogen-bond donors (Lipinski definition) is 0. The second-order valence-electron chi connectivity index (χ2n) is 5.13. The number of rotatable bonds is 2. The predicted octanol–water partition coefficient (Wildman–Crippen LogP) is 3.10. The summed E-state index contributed by atoms with van der Waals surface area (Å²) in [5.41, 5.74) is 3.32. The van der Waals surface area contributed by atoms with Gasteiger partial charge in [-0.05, 0) is 42.4 Å². The Hall–Kier alpha value is -1.51. The molecule has 2 aliphatic carbocycles. The van der Waals surface area contributed by atoms with Crippen LogP contribution in [0.3, 0.4) is 0 Å². The van der Waals surface area contributed by atoms with Crippen LogP contribution in [0.1, 0.15) is 53.1 Å². The fourth-order valence-corrected chi connectivity index (χ4v) is 3.39. The van der Waals surface area contributed by atoms with E-state index in [-0.39, 0.29) is 5.78 Å². The van der Waals surface area contributed by atoms with Crippen molar-refractivity contribution in [3.63, 3.8) is 0 Å². The molecule has 18 heavy (non-hydrogen) atoms. The first-order valence-corrected chi connectivity index (χ1v) is 6.57. The second kappa shape index (κ2) is 4.30. The van der Waals surface area contributed by atoms with Crippen LogP contribution in [0.5, 0.6) is 11.5 Å². The van der Waals surface area contributed by atoms with Crippen LogP contribution < -0.4 is 9.47 Å². The minimum Gasteiger partial charge on any atom is -0.493 e. The zero-order chi connectivity index (χ0) is 12.7. The molecular weight excluding hydrogens is 228 g/mol. The predicted molar refractivity (Wildman–Crippen MR) is 68.8 cm³/mol. The number of carbonyl (C=O) groups is 1. The van der Waals surface area contributed by atoms with Crippen LogP contribution in [0.2, 0.25) is 0 Å². The number of Topliss-reactive ketones (excluding diaryl/α,β-unsaturated/α-hetero) is 1. The smallest absolute Gasteiger partial charge is 0.171 e. The van der Waals surface area contributed by atoms with Crippen LogP contribution in [0.25, 0.3) is 0 Å². The van der Waals surface area contributed by atoms with E-state index in [1.54, 1.807) is 14.2 Å². The summed E-state index contributed by atoms with van der Waals surface area (Å²) in [5.74, 6) is 1.95. The molecule has 96 valence electrons. The van der Waals surface area contributed by atoms with Gasteiger partial charge in [0.1, 0.15) is 0 Å². The third-order valence-corrected chi connectivity index (χ3v) is 4.16. The van der Waals surface area contributed by atoms with Crippen molar-refractivity contribution in [2.45, 2.75) is 38.0 Å². The molecule has 0 N–H and O–H groups in total. The quantitative estimate of drug-likeness (QED) is 0.804. The lowest BCUT2D eigenvalue weighted by Crippen LogP contribution is -2.03. The Balaban J connectivity index is 2.27. The van der Waals surface area contributed by atoms with E-state index in [0.29, 0.717) is 23.8 Å². The minimum atomic E-state index is 0.217. The zero-order valence-electron chi connectivity index (χ0n) is 10.9. The van der Waals surface area contributed by atoms with E-state index in [4.69, 9.17) is 9.47 Å². The molecule has 0 unspecified atom stereocenters. The summed E-state index contributed by atoms with van der Waals surface area (Å²) in [6.45, 7) is 0. The normalized spacial score (nSPS) is 21.4. The van der Waals surface area contributed by atoms with Crippen LogP contribution in [0.4, 0.5) is 0 Å². The maximum absolute atomic E-state index is 12.2. The van der Waals surface area contributed by atoms with Crippen molar-refractivity contribution in [1.29, 1.82) is 0 Å². The molecule has 0 bridgehead atoms. The van der Waals surface area contributed by atoms with E-state index in [0.717, 1.165) is 18.4 Å². The van der Waals surface area contributed by atoms with Gasteiger partial charge < -0.3 is 9.47 Å². The fourth-order valence-electron chi connectivity index (χ4n) is 3.39. The van der Waals surface area contributed by atoms with Crippen LogP contribution in [-0.2, 0) is 6.42 Å². The van der Waals surface area contributed by atoms with E-state index in [1.165, 1.54) is 24.0 Å².